The number of benzene rings is 1. The van der Waals surface area contributed by atoms with Crippen molar-refractivity contribution in [2.24, 2.45) is 5.92 Å². The van der Waals surface area contributed by atoms with Gasteiger partial charge in [-0.25, -0.2) is 9.59 Å². The number of amides is 1. The molecule has 1 amide bonds. The lowest BCUT2D eigenvalue weighted by Crippen LogP contribution is -2.49. The first kappa shape index (κ1) is 18.3. The van der Waals surface area contributed by atoms with Crippen LogP contribution in [0.15, 0.2) is 30.3 Å². The summed E-state index contributed by atoms with van der Waals surface area (Å²) in [6, 6.07) is 8.80. The molecule has 0 radical (unpaired) electrons. The van der Waals surface area contributed by atoms with Crippen molar-refractivity contribution in [1.82, 2.24) is 4.90 Å². The molecule has 2 atom stereocenters. The van der Waals surface area contributed by atoms with Gasteiger partial charge in [0.15, 0.2) is 6.10 Å². The van der Waals surface area contributed by atoms with E-state index in [0.29, 0.717) is 6.42 Å². The number of rotatable bonds is 5. The molecule has 0 bridgehead atoms. The fourth-order valence-corrected chi connectivity index (χ4v) is 3.05. The summed E-state index contributed by atoms with van der Waals surface area (Å²) in [4.78, 5) is 25.6. The molecule has 1 heterocycles. The molecule has 0 spiro atoms. The van der Waals surface area contributed by atoms with Gasteiger partial charge in [0, 0.05) is 0 Å². The molecule has 0 saturated carbocycles. The Labute approximate surface area is 142 Å². The van der Waals surface area contributed by atoms with Crippen molar-refractivity contribution in [3.63, 3.8) is 0 Å². The second kappa shape index (κ2) is 7.21. The van der Waals surface area contributed by atoms with Crippen LogP contribution in [0.25, 0.3) is 0 Å². The SMILES string of the molecule is CC(C)CC1C(C(=O)O)OC(C)(C)N1C(=O)OCc1ccccc1. The number of nitrogens with zero attached hydrogens (tertiary/aromatic N) is 1. The minimum absolute atomic E-state index is 0.137. The molecule has 1 fully saturated rings. The van der Waals surface area contributed by atoms with E-state index in [9.17, 15) is 14.7 Å². The summed E-state index contributed by atoms with van der Waals surface area (Å²) in [6.45, 7) is 7.48. The monoisotopic (exact) mass is 335 g/mol. The fraction of sp³-hybridized carbons (Fsp3) is 0.556. The summed E-state index contributed by atoms with van der Waals surface area (Å²) in [6.07, 6.45) is -1.08. The molecule has 1 saturated heterocycles. The van der Waals surface area contributed by atoms with Gasteiger partial charge in [0.25, 0.3) is 0 Å². The highest BCUT2D eigenvalue weighted by Crippen LogP contribution is 2.36. The Morgan fingerprint density at radius 2 is 1.92 bits per heavy atom. The van der Waals surface area contributed by atoms with Crippen molar-refractivity contribution in [2.45, 2.75) is 58.6 Å². The molecule has 0 aliphatic carbocycles. The van der Waals surface area contributed by atoms with Gasteiger partial charge in [0.05, 0.1) is 6.04 Å². The summed E-state index contributed by atoms with van der Waals surface area (Å²) >= 11 is 0. The minimum Gasteiger partial charge on any atom is -0.479 e. The van der Waals surface area contributed by atoms with E-state index in [1.807, 2.05) is 44.2 Å². The molecule has 24 heavy (non-hydrogen) atoms. The smallest absolute Gasteiger partial charge is 0.412 e. The van der Waals surface area contributed by atoms with Gasteiger partial charge < -0.3 is 14.6 Å². The Kier molecular flexibility index (Phi) is 5.49. The van der Waals surface area contributed by atoms with Crippen LogP contribution in [0, 0.1) is 5.92 Å². The summed E-state index contributed by atoms with van der Waals surface area (Å²) < 4.78 is 11.0. The number of carbonyl (C=O) groups excluding carboxylic acids is 1. The molecule has 1 N–H and O–H groups in total. The zero-order valence-corrected chi connectivity index (χ0v) is 14.6. The van der Waals surface area contributed by atoms with E-state index in [1.54, 1.807) is 13.8 Å². The van der Waals surface area contributed by atoms with Crippen LogP contribution in [-0.2, 0) is 20.9 Å². The Morgan fingerprint density at radius 1 is 1.29 bits per heavy atom. The number of carboxylic acids is 1. The van der Waals surface area contributed by atoms with E-state index in [-0.39, 0.29) is 12.5 Å². The lowest BCUT2D eigenvalue weighted by molar-refractivity contribution is -0.155. The highest BCUT2D eigenvalue weighted by atomic mass is 16.6. The number of carbonyl (C=O) groups is 2. The van der Waals surface area contributed by atoms with Gasteiger partial charge in [-0.05, 0) is 31.7 Å². The largest absolute Gasteiger partial charge is 0.479 e. The normalized spacial score (nSPS) is 22.6. The Bertz CT molecular complexity index is 584. The zero-order valence-electron chi connectivity index (χ0n) is 14.6. The first-order valence-electron chi connectivity index (χ1n) is 8.13. The van der Waals surface area contributed by atoms with E-state index in [4.69, 9.17) is 9.47 Å². The second-order valence-corrected chi connectivity index (χ2v) is 6.93. The van der Waals surface area contributed by atoms with Crippen LogP contribution in [-0.4, -0.2) is 39.9 Å². The number of hydrogen-bond donors (Lipinski definition) is 1. The van der Waals surface area contributed by atoms with E-state index in [2.05, 4.69) is 0 Å². The molecule has 0 aromatic heterocycles. The molecular weight excluding hydrogens is 310 g/mol. The Hall–Kier alpha value is -2.08. The maximum Gasteiger partial charge on any atom is 0.412 e. The number of carboxylic acid groups (broad SMARTS) is 1. The minimum atomic E-state index is -1.06. The van der Waals surface area contributed by atoms with Crippen molar-refractivity contribution >= 4 is 12.1 Å². The van der Waals surface area contributed by atoms with Gasteiger partial charge in [-0.1, -0.05) is 44.2 Å². The Balaban J connectivity index is 2.16. The van der Waals surface area contributed by atoms with Crippen LogP contribution in [0.3, 0.4) is 0 Å². The zero-order chi connectivity index (χ0) is 17.9. The molecule has 2 unspecified atom stereocenters. The van der Waals surface area contributed by atoms with Crippen molar-refractivity contribution in [3.05, 3.63) is 35.9 Å². The quantitative estimate of drug-likeness (QED) is 0.894. The van der Waals surface area contributed by atoms with Gasteiger partial charge >= 0.3 is 12.1 Å². The lowest BCUT2D eigenvalue weighted by atomic mass is 9.98. The molecule has 1 aliphatic heterocycles. The first-order chi connectivity index (χ1) is 11.2. The molecule has 6 heteroatoms. The van der Waals surface area contributed by atoms with Gasteiger partial charge in [-0.2, -0.15) is 0 Å². The van der Waals surface area contributed by atoms with E-state index < -0.39 is 29.9 Å². The molecule has 1 aromatic rings. The van der Waals surface area contributed by atoms with Gasteiger partial charge in [-0.15, -0.1) is 0 Å². The standard InChI is InChI=1S/C18H25NO5/c1-12(2)10-14-15(16(20)21)24-18(3,4)19(14)17(22)23-11-13-8-6-5-7-9-13/h5-9,12,14-15H,10-11H2,1-4H3,(H,20,21). The summed E-state index contributed by atoms with van der Waals surface area (Å²) in [7, 11) is 0. The maximum atomic E-state index is 12.6. The van der Waals surface area contributed by atoms with E-state index in [0.717, 1.165) is 5.56 Å². The number of hydrogen-bond acceptors (Lipinski definition) is 4. The average molecular weight is 335 g/mol. The van der Waals surface area contributed by atoms with Gasteiger partial charge in [0.1, 0.15) is 12.3 Å². The fourth-order valence-electron chi connectivity index (χ4n) is 3.05. The topological polar surface area (TPSA) is 76.1 Å². The Morgan fingerprint density at radius 3 is 2.46 bits per heavy atom. The highest BCUT2D eigenvalue weighted by Gasteiger charge is 2.53. The lowest BCUT2D eigenvalue weighted by Gasteiger charge is -2.33. The van der Waals surface area contributed by atoms with Crippen molar-refractivity contribution < 1.29 is 24.2 Å². The van der Waals surface area contributed by atoms with Crippen LogP contribution in [0.2, 0.25) is 0 Å². The third-order valence-corrected chi connectivity index (χ3v) is 4.03. The molecule has 132 valence electrons. The molecule has 2 rings (SSSR count). The summed E-state index contributed by atoms with van der Waals surface area (Å²) in [5, 5.41) is 9.43. The molecule has 1 aromatic carbocycles. The third kappa shape index (κ3) is 4.06. The summed E-state index contributed by atoms with van der Waals surface area (Å²) in [5.41, 5.74) is -0.157. The number of ether oxygens (including phenoxy) is 2. The molecular formula is C18H25NO5. The third-order valence-electron chi connectivity index (χ3n) is 4.03. The average Bonchev–Trinajstić information content (AvgIpc) is 2.76. The van der Waals surface area contributed by atoms with Crippen LogP contribution < -0.4 is 0 Å². The molecule has 1 aliphatic rings. The predicted octanol–water partition coefficient (Wildman–Crippen LogP) is 3.26. The van der Waals surface area contributed by atoms with E-state index >= 15 is 0 Å². The van der Waals surface area contributed by atoms with Crippen molar-refractivity contribution in [1.29, 1.82) is 0 Å². The van der Waals surface area contributed by atoms with Crippen LogP contribution >= 0.6 is 0 Å². The van der Waals surface area contributed by atoms with Gasteiger partial charge in [-0.3, -0.25) is 4.90 Å². The summed E-state index contributed by atoms with van der Waals surface area (Å²) in [5.74, 6) is -0.842. The van der Waals surface area contributed by atoms with Crippen LogP contribution in [0.1, 0.15) is 39.7 Å². The van der Waals surface area contributed by atoms with E-state index in [1.165, 1.54) is 4.90 Å². The van der Waals surface area contributed by atoms with Crippen molar-refractivity contribution in [3.8, 4) is 0 Å². The van der Waals surface area contributed by atoms with Crippen molar-refractivity contribution in [2.75, 3.05) is 0 Å². The van der Waals surface area contributed by atoms with Gasteiger partial charge in [0.2, 0.25) is 0 Å². The number of aliphatic carboxylic acids is 1. The second-order valence-electron chi connectivity index (χ2n) is 6.93. The van der Waals surface area contributed by atoms with Crippen LogP contribution in [0.5, 0.6) is 0 Å². The maximum absolute atomic E-state index is 12.6. The first-order valence-corrected chi connectivity index (χ1v) is 8.13. The predicted molar refractivity (Wildman–Crippen MR) is 88.3 cm³/mol. The molecule has 6 nitrogen and oxygen atoms in total. The van der Waals surface area contributed by atoms with Crippen LogP contribution in [0.4, 0.5) is 4.79 Å². The highest BCUT2D eigenvalue weighted by molar-refractivity contribution is 5.77.